The van der Waals surface area contributed by atoms with Gasteiger partial charge in [-0.3, -0.25) is 9.59 Å². The third-order valence-electron chi connectivity index (χ3n) is 4.59. The van der Waals surface area contributed by atoms with Gasteiger partial charge in [-0.2, -0.15) is 0 Å². The maximum Gasteiger partial charge on any atom is 0.253 e. The lowest BCUT2D eigenvalue weighted by Gasteiger charge is -2.14. The molecule has 0 aliphatic carbocycles. The normalized spacial score (nSPS) is 15.7. The summed E-state index contributed by atoms with van der Waals surface area (Å²) in [4.78, 5) is 24.8. The van der Waals surface area contributed by atoms with Gasteiger partial charge in [-0.1, -0.05) is 23.7 Å². The number of benzene rings is 2. The third kappa shape index (κ3) is 6.76. The van der Waals surface area contributed by atoms with Gasteiger partial charge < -0.3 is 20.1 Å². The molecule has 154 valence electrons. The molecule has 1 heterocycles. The molecule has 0 spiro atoms. The lowest BCUT2D eigenvalue weighted by molar-refractivity contribution is -0.116. The molecule has 1 saturated heterocycles. The Morgan fingerprint density at radius 2 is 1.93 bits per heavy atom. The molecule has 0 aromatic heterocycles. The smallest absolute Gasteiger partial charge is 0.253 e. The SMILES string of the molecule is O=C(CCCOc1ccc(Cl)cc1)Nc1ccccc1C(=O)NCC1CCCO1. The summed E-state index contributed by atoms with van der Waals surface area (Å²) in [5, 5.41) is 6.35. The number of halogens is 1. The van der Waals surface area contributed by atoms with E-state index >= 15 is 0 Å². The summed E-state index contributed by atoms with van der Waals surface area (Å²) in [6, 6.07) is 14.1. The van der Waals surface area contributed by atoms with Crippen LogP contribution in [0.25, 0.3) is 0 Å². The first kappa shape index (κ1) is 21.1. The second kappa shape index (κ2) is 10.8. The fourth-order valence-corrected chi connectivity index (χ4v) is 3.19. The molecule has 0 saturated carbocycles. The van der Waals surface area contributed by atoms with Crippen molar-refractivity contribution in [3.8, 4) is 5.75 Å². The predicted octanol–water partition coefficient (Wildman–Crippen LogP) is 4.05. The Morgan fingerprint density at radius 3 is 2.69 bits per heavy atom. The van der Waals surface area contributed by atoms with Gasteiger partial charge in [-0.05, 0) is 55.7 Å². The van der Waals surface area contributed by atoms with Crippen molar-refractivity contribution < 1.29 is 19.1 Å². The Morgan fingerprint density at radius 1 is 1.14 bits per heavy atom. The van der Waals surface area contributed by atoms with Gasteiger partial charge in [0, 0.05) is 24.6 Å². The molecule has 0 bridgehead atoms. The zero-order valence-electron chi connectivity index (χ0n) is 16.2. The van der Waals surface area contributed by atoms with Gasteiger partial charge in [0.1, 0.15) is 5.75 Å². The second-order valence-corrected chi connectivity index (χ2v) is 7.28. The van der Waals surface area contributed by atoms with Crippen LogP contribution >= 0.6 is 11.6 Å². The summed E-state index contributed by atoms with van der Waals surface area (Å²) in [5.74, 6) is 0.328. The van der Waals surface area contributed by atoms with E-state index in [1.807, 2.05) is 0 Å². The molecule has 2 aromatic carbocycles. The van der Waals surface area contributed by atoms with Gasteiger partial charge in [0.05, 0.1) is 24.0 Å². The van der Waals surface area contributed by atoms with Crippen LogP contribution in [0.3, 0.4) is 0 Å². The van der Waals surface area contributed by atoms with Crippen molar-refractivity contribution in [2.75, 3.05) is 25.1 Å². The molecule has 7 heteroatoms. The summed E-state index contributed by atoms with van der Waals surface area (Å²) in [7, 11) is 0. The Labute approximate surface area is 175 Å². The number of ether oxygens (including phenoxy) is 2. The van der Waals surface area contributed by atoms with Crippen LogP contribution in [-0.4, -0.2) is 37.7 Å². The Hall–Kier alpha value is -2.57. The lowest BCUT2D eigenvalue weighted by Crippen LogP contribution is -2.32. The number of carbonyl (C=O) groups excluding carboxylic acids is 2. The van der Waals surface area contributed by atoms with Crippen molar-refractivity contribution >= 4 is 29.1 Å². The number of hydrogen-bond acceptors (Lipinski definition) is 4. The van der Waals surface area contributed by atoms with E-state index in [9.17, 15) is 9.59 Å². The summed E-state index contributed by atoms with van der Waals surface area (Å²) >= 11 is 5.84. The lowest BCUT2D eigenvalue weighted by atomic mass is 10.1. The summed E-state index contributed by atoms with van der Waals surface area (Å²) in [5.41, 5.74) is 0.942. The van der Waals surface area contributed by atoms with Crippen LogP contribution in [0.4, 0.5) is 5.69 Å². The van der Waals surface area contributed by atoms with Crippen molar-refractivity contribution in [3.63, 3.8) is 0 Å². The molecule has 1 aliphatic rings. The largest absolute Gasteiger partial charge is 0.494 e. The molecule has 2 aromatic rings. The first-order chi connectivity index (χ1) is 14.1. The van der Waals surface area contributed by atoms with E-state index in [0.717, 1.165) is 19.4 Å². The number of nitrogens with one attached hydrogen (secondary N) is 2. The van der Waals surface area contributed by atoms with Crippen LogP contribution in [0.5, 0.6) is 5.75 Å². The monoisotopic (exact) mass is 416 g/mol. The van der Waals surface area contributed by atoms with Crippen LogP contribution < -0.4 is 15.4 Å². The first-order valence-electron chi connectivity index (χ1n) is 9.79. The molecule has 1 atom stereocenters. The highest BCUT2D eigenvalue weighted by Crippen LogP contribution is 2.18. The zero-order chi connectivity index (χ0) is 20.5. The maximum atomic E-state index is 12.5. The topological polar surface area (TPSA) is 76.7 Å². The van der Waals surface area contributed by atoms with Crippen molar-refractivity contribution in [2.45, 2.75) is 31.8 Å². The summed E-state index contributed by atoms with van der Waals surface area (Å²) in [6.07, 6.45) is 2.90. The molecule has 29 heavy (non-hydrogen) atoms. The van der Waals surface area contributed by atoms with Gasteiger partial charge in [0.15, 0.2) is 0 Å². The molecular weight excluding hydrogens is 392 g/mol. The molecule has 1 fully saturated rings. The van der Waals surface area contributed by atoms with E-state index in [1.54, 1.807) is 48.5 Å². The Balaban J connectivity index is 1.44. The van der Waals surface area contributed by atoms with Crippen molar-refractivity contribution in [1.29, 1.82) is 0 Å². The Kier molecular flexibility index (Phi) is 7.90. The molecule has 1 aliphatic heterocycles. The highest BCUT2D eigenvalue weighted by atomic mass is 35.5. The standard InChI is InChI=1S/C22H25ClN2O4/c23-16-9-11-17(12-10-16)28-14-4-8-21(26)25-20-7-2-1-6-19(20)22(27)24-15-18-5-3-13-29-18/h1-2,6-7,9-12,18H,3-5,8,13-15H2,(H,24,27)(H,25,26). The predicted molar refractivity (Wildman–Crippen MR) is 113 cm³/mol. The van der Waals surface area contributed by atoms with E-state index in [4.69, 9.17) is 21.1 Å². The average molecular weight is 417 g/mol. The molecule has 1 unspecified atom stereocenters. The highest BCUT2D eigenvalue weighted by Gasteiger charge is 2.18. The number of carbonyl (C=O) groups is 2. The van der Waals surface area contributed by atoms with Gasteiger partial charge in [-0.15, -0.1) is 0 Å². The molecule has 2 N–H and O–H groups in total. The zero-order valence-corrected chi connectivity index (χ0v) is 16.9. The van der Waals surface area contributed by atoms with Crippen LogP contribution in [-0.2, 0) is 9.53 Å². The first-order valence-corrected chi connectivity index (χ1v) is 10.2. The number of amides is 2. The fraction of sp³-hybridized carbons (Fsp3) is 0.364. The van der Waals surface area contributed by atoms with Gasteiger partial charge in [0.2, 0.25) is 5.91 Å². The van der Waals surface area contributed by atoms with E-state index < -0.39 is 0 Å². The quantitative estimate of drug-likeness (QED) is 0.605. The van der Waals surface area contributed by atoms with Gasteiger partial charge >= 0.3 is 0 Å². The molecule has 0 radical (unpaired) electrons. The van der Waals surface area contributed by atoms with Crippen LogP contribution in [0.1, 0.15) is 36.0 Å². The minimum Gasteiger partial charge on any atom is -0.494 e. The van der Waals surface area contributed by atoms with Crippen LogP contribution in [0, 0.1) is 0 Å². The van der Waals surface area contributed by atoms with Crippen molar-refractivity contribution in [2.24, 2.45) is 0 Å². The number of rotatable bonds is 9. The van der Waals surface area contributed by atoms with E-state index in [2.05, 4.69) is 10.6 Å². The molecule has 2 amide bonds. The number of anilines is 1. The Bertz CT molecular complexity index is 820. The minimum absolute atomic E-state index is 0.0707. The van der Waals surface area contributed by atoms with Crippen LogP contribution in [0.2, 0.25) is 5.02 Å². The minimum atomic E-state index is -0.220. The summed E-state index contributed by atoms with van der Waals surface area (Å²) in [6.45, 7) is 1.64. The number of para-hydroxylation sites is 1. The third-order valence-corrected chi connectivity index (χ3v) is 4.84. The number of hydrogen-bond donors (Lipinski definition) is 2. The van der Waals surface area contributed by atoms with E-state index in [1.165, 1.54) is 0 Å². The van der Waals surface area contributed by atoms with E-state index in [0.29, 0.717) is 48.0 Å². The summed E-state index contributed by atoms with van der Waals surface area (Å²) < 4.78 is 11.1. The molecule has 6 nitrogen and oxygen atoms in total. The van der Waals surface area contributed by atoms with Crippen molar-refractivity contribution in [1.82, 2.24) is 5.32 Å². The van der Waals surface area contributed by atoms with E-state index in [-0.39, 0.29) is 17.9 Å². The molecular formula is C22H25ClN2O4. The maximum absolute atomic E-state index is 12.5. The highest BCUT2D eigenvalue weighted by molar-refractivity contribution is 6.30. The van der Waals surface area contributed by atoms with Crippen molar-refractivity contribution in [3.05, 3.63) is 59.1 Å². The van der Waals surface area contributed by atoms with Gasteiger partial charge in [-0.25, -0.2) is 0 Å². The van der Waals surface area contributed by atoms with Gasteiger partial charge in [0.25, 0.3) is 5.91 Å². The van der Waals surface area contributed by atoms with Crippen LogP contribution in [0.15, 0.2) is 48.5 Å². The second-order valence-electron chi connectivity index (χ2n) is 6.84. The molecule has 3 rings (SSSR count). The average Bonchev–Trinajstić information content (AvgIpc) is 3.25. The fourth-order valence-electron chi connectivity index (χ4n) is 3.06.